The van der Waals surface area contributed by atoms with Crippen LogP contribution in [0.15, 0.2) is 0 Å². The van der Waals surface area contributed by atoms with Gasteiger partial charge in [-0.2, -0.15) is 5.10 Å². The van der Waals surface area contributed by atoms with Crippen molar-refractivity contribution in [1.29, 1.82) is 0 Å². The van der Waals surface area contributed by atoms with Crippen LogP contribution in [-0.4, -0.2) is 22.6 Å². The van der Waals surface area contributed by atoms with E-state index in [2.05, 4.69) is 22.4 Å². The molecule has 0 saturated carbocycles. The second kappa shape index (κ2) is 5.14. The van der Waals surface area contributed by atoms with Gasteiger partial charge in [-0.15, -0.1) is 0 Å². The standard InChI is InChI=1S/C12H19N3O/c1-2-3-4-8-13-12(16)11-9-6-5-7-10(9)14-15-11/h2-8H2,1H3,(H,13,16)(H,14,15). The molecular formula is C12H19N3O. The molecule has 0 aliphatic heterocycles. The molecule has 0 fully saturated rings. The molecule has 1 aromatic heterocycles. The van der Waals surface area contributed by atoms with Crippen LogP contribution in [0.25, 0.3) is 0 Å². The zero-order chi connectivity index (χ0) is 11.4. The monoisotopic (exact) mass is 221 g/mol. The Bertz CT molecular complexity index is 370. The predicted octanol–water partition coefficient (Wildman–Crippen LogP) is 1.82. The van der Waals surface area contributed by atoms with Crippen molar-refractivity contribution in [3.8, 4) is 0 Å². The van der Waals surface area contributed by atoms with Gasteiger partial charge in [0.15, 0.2) is 5.69 Å². The molecule has 0 unspecified atom stereocenters. The Morgan fingerprint density at radius 1 is 1.44 bits per heavy atom. The van der Waals surface area contributed by atoms with Crippen LogP contribution in [-0.2, 0) is 12.8 Å². The van der Waals surface area contributed by atoms with Crippen LogP contribution >= 0.6 is 0 Å². The molecule has 1 amide bonds. The summed E-state index contributed by atoms with van der Waals surface area (Å²) in [5.41, 5.74) is 2.90. The average molecular weight is 221 g/mol. The van der Waals surface area contributed by atoms with Crippen molar-refractivity contribution in [2.45, 2.75) is 45.4 Å². The zero-order valence-corrected chi connectivity index (χ0v) is 9.81. The Morgan fingerprint density at radius 2 is 2.31 bits per heavy atom. The van der Waals surface area contributed by atoms with Crippen molar-refractivity contribution in [3.05, 3.63) is 17.0 Å². The molecule has 4 heteroatoms. The van der Waals surface area contributed by atoms with Crippen LogP contribution in [0.3, 0.4) is 0 Å². The summed E-state index contributed by atoms with van der Waals surface area (Å²) in [5, 5.41) is 9.99. The first-order valence-corrected chi connectivity index (χ1v) is 6.17. The van der Waals surface area contributed by atoms with Crippen LogP contribution in [0.1, 0.15) is 54.4 Å². The third-order valence-electron chi connectivity index (χ3n) is 3.09. The number of rotatable bonds is 5. The van der Waals surface area contributed by atoms with E-state index >= 15 is 0 Å². The van der Waals surface area contributed by atoms with E-state index in [0.29, 0.717) is 5.69 Å². The van der Waals surface area contributed by atoms with E-state index in [-0.39, 0.29) is 5.91 Å². The summed E-state index contributed by atoms with van der Waals surface area (Å²) >= 11 is 0. The van der Waals surface area contributed by atoms with E-state index in [1.54, 1.807) is 0 Å². The maximum atomic E-state index is 11.8. The molecule has 1 aliphatic carbocycles. The predicted molar refractivity (Wildman–Crippen MR) is 62.5 cm³/mol. The molecule has 2 rings (SSSR count). The molecule has 1 aromatic rings. The fourth-order valence-corrected chi connectivity index (χ4v) is 2.17. The summed E-state index contributed by atoms with van der Waals surface area (Å²) < 4.78 is 0. The molecular weight excluding hydrogens is 202 g/mol. The summed E-state index contributed by atoms with van der Waals surface area (Å²) in [6, 6.07) is 0. The number of hydrogen-bond donors (Lipinski definition) is 2. The summed E-state index contributed by atoms with van der Waals surface area (Å²) in [6.07, 6.45) is 6.55. The molecule has 0 bridgehead atoms. The Kier molecular flexibility index (Phi) is 3.59. The lowest BCUT2D eigenvalue weighted by Gasteiger charge is -2.03. The van der Waals surface area contributed by atoms with Crippen molar-refractivity contribution in [3.63, 3.8) is 0 Å². The number of nitrogens with one attached hydrogen (secondary N) is 2. The van der Waals surface area contributed by atoms with E-state index in [9.17, 15) is 4.79 Å². The van der Waals surface area contributed by atoms with Gasteiger partial charge in [-0.05, 0) is 25.7 Å². The Balaban J connectivity index is 1.89. The summed E-state index contributed by atoms with van der Waals surface area (Å²) in [5.74, 6) is -0.0181. The van der Waals surface area contributed by atoms with Crippen LogP contribution < -0.4 is 5.32 Å². The number of unbranched alkanes of at least 4 members (excludes halogenated alkanes) is 2. The number of nitrogens with zero attached hydrogens (tertiary/aromatic N) is 1. The lowest BCUT2D eigenvalue weighted by Crippen LogP contribution is -2.25. The van der Waals surface area contributed by atoms with E-state index in [1.165, 1.54) is 12.8 Å². The minimum atomic E-state index is -0.0181. The van der Waals surface area contributed by atoms with Crippen molar-refractivity contribution in [2.24, 2.45) is 0 Å². The van der Waals surface area contributed by atoms with Gasteiger partial charge in [-0.1, -0.05) is 19.8 Å². The molecule has 0 saturated heterocycles. The molecule has 0 atom stereocenters. The van der Waals surface area contributed by atoms with Crippen molar-refractivity contribution < 1.29 is 4.79 Å². The first kappa shape index (κ1) is 11.2. The second-order valence-electron chi connectivity index (χ2n) is 4.35. The van der Waals surface area contributed by atoms with Gasteiger partial charge in [0, 0.05) is 17.8 Å². The lowest BCUT2D eigenvalue weighted by atomic mass is 10.2. The van der Waals surface area contributed by atoms with E-state index < -0.39 is 0 Å². The largest absolute Gasteiger partial charge is 0.351 e. The SMILES string of the molecule is CCCCCNC(=O)c1n[nH]c2c1CCC2. The molecule has 0 aromatic carbocycles. The highest BCUT2D eigenvalue weighted by molar-refractivity contribution is 5.94. The third kappa shape index (κ3) is 2.26. The highest BCUT2D eigenvalue weighted by Crippen LogP contribution is 2.22. The number of fused-ring (bicyclic) bond motifs is 1. The fraction of sp³-hybridized carbons (Fsp3) is 0.667. The van der Waals surface area contributed by atoms with Crippen LogP contribution in [0.2, 0.25) is 0 Å². The number of H-pyrrole nitrogens is 1. The number of amides is 1. The van der Waals surface area contributed by atoms with E-state index in [0.717, 1.165) is 43.5 Å². The highest BCUT2D eigenvalue weighted by atomic mass is 16.1. The van der Waals surface area contributed by atoms with Gasteiger partial charge in [0.1, 0.15) is 0 Å². The van der Waals surface area contributed by atoms with Gasteiger partial charge < -0.3 is 5.32 Å². The van der Waals surface area contributed by atoms with Crippen LogP contribution in [0.4, 0.5) is 0 Å². The number of hydrogen-bond acceptors (Lipinski definition) is 2. The van der Waals surface area contributed by atoms with Gasteiger partial charge in [0.25, 0.3) is 5.91 Å². The smallest absolute Gasteiger partial charge is 0.272 e. The number of aryl methyl sites for hydroxylation is 1. The average Bonchev–Trinajstić information content (AvgIpc) is 2.85. The lowest BCUT2D eigenvalue weighted by molar-refractivity contribution is 0.0947. The molecule has 0 radical (unpaired) electrons. The van der Waals surface area contributed by atoms with Crippen LogP contribution in [0, 0.1) is 0 Å². The minimum Gasteiger partial charge on any atom is -0.351 e. The highest BCUT2D eigenvalue weighted by Gasteiger charge is 2.22. The number of aromatic amines is 1. The normalized spacial score (nSPS) is 13.8. The first-order valence-electron chi connectivity index (χ1n) is 6.17. The Hall–Kier alpha value is -1.32. The minimum absolute atomic E-state index is 0.0181. The zero-order valence-electron chi connectivity index (χ0n) is 9.81. The molecule has 88 valence electrons. The second-order valence-corrected chi connectivity index (χ2v) is 4.35. The Labute approximate surface area is 95.8 Å². The molecule has 2 N–H and O–H groups in total. The van der Waals surface area contributed by atoms with Gasteiger partial charge >= 0.3 is 0 Å². The maximum absolute atomic E-state index is 11.8. The molecule has 16 heavy (non-hydrogen) atoms. The van der Waals surface area contributed by atoms with Gasteiger partial charge in [0.05, 0.1) is 0 Å². The van der Waals surface area contributed by atoms with Crippen molar-refractivity contribution >= 4 is 5.91 Å². The van der Waals surface area contributed by atoms with Crippen molar-refractivity contribution in [1.82, 2.24) is 15.5 Å². The molecule has 0 spiro atoms. The maximum Gasteiger partial charge on any atom is 0.272 e. The van der Waals surface area contributed by atoms with Gasteiger partial charge in [0.2, 0.25) is 0 Å². The summed E-state index contributed by atoms with van der Waals surface area (Å²) in [7, 11) is 0. The molecule has 4 nitrogen and oxygen atoms in total. The van der Waals surface area contributed by atoms with Crippen LogP contribution in [0.5, 0.6) is 0 Å². The number of carbonyl (C=O) groups excluding carboxylic acids is 1. The number of aromatic nitrogens is 2. The quantitative estimate of drug-likeness (QED) is 0.745. The number of carbonyl (C=O) groups is 1. The molecule has 1 heterocycles. The third-order valence-corrected chi connectivity index (χ3v) is 3.09. The topological polar surface area (TPSA) is 57.8 Å². The fourth-order valence-electron chi connectivity index (χ4n) is 2.17. The van der Waals surface area contributed by atoms with E-state index in [4.69, 9.17) is 0 Å². The van der Waals surface area contributed by atoms with Crippen molar-refractivity contribution in [2.75, 3.05) is 6.54 Å². The summed E-state index contributed by atoms with van der Waals surface area (Å²) in [6.45, 7) is 2.91. The Morgan fingerprint density at radius 3 is 3.12 bits per heavy atom. The first-order chi connectivity index (χ1) is 7.83. The van der Waals surface area contributed by atoms with E-state index in [1.807, 2.05) is 0 Å². The van der Waals surface area contributed by atoms with Gasteiger partial charge in [-0.25, -0.2) is 0 Å². The van der Waals surface area contributed by atoms with Gasteiger partial charge in [-0.3, -0.25) is 9.89 Å². The molecule has 1 aliphatic rings. The summed E-state index contributed by atoms with van der Waals surface area (Å²) in [4.78, 5) is 11.8.